The van der Waals surface area contributed by atoms with Gasteiger partial charge in [0.25, 0.3) is 0 Å². The topological polar surface area (TPSA) is 21.3 Å². The number of nitrogens with one attached hydrogen (secondary N) is 1. The molecule has 3 heteroatoms. The van der Waals surface area contributed by atoms with E-state index in [-0.39, 0.29) is 0 Å². The molecule has 2 nitrogen and oxygen atoms in total. The molecule has 1 aromatic carbocycles. The molecule has 0 aliphatic heterocycles. The summed E-state index contributed by atoms with van der Waals surface area (Å²) >= 11 is 3.64. The highest BCUT2D eigenvalue weighted by atomic mass is 79.9. The van der Waals surface area contributed by atoms with Crippen molar-refractivity contribution in [1.82, 2.24) is 5.32 Å². The Bertz CT molecular complexity index is 354. The van der Waals surface area contributed by atoms with Gasteiger partial charge in [-0.1, -0.05) is 42.3 Å². The van der Waals surface area contributed by atoms with Gasteiger partial charge < -0.3 is 10.1 Å². The van der Waals surface area contributed by atoms with Gasteiger partial charge in [0.15, 0.2) is 0 Å². The van der Waals surface area contributed by atoms with E-state index in [0.29, 0.717) is 18.6 Å². The van der Waals surface area contributed by atoms with Gasteiger partial charge in [-0.15, -0.1) is 0 Å². The maximum atomic E-state index is 5.49. The van der Waals surface area contributed by atoms with E-state index < -0.39 is 0 Å². The second-order valence-electron chi connectivity index (χ2n) is 4.27. The average molecular weight is 300 g/mol. The third-order valence-electron chi connectivity index (χ3n) is 3.14. The second kappa shape index (κ2) is 7.02. The maximum absolute atomic E-state index is 5.49. The highest BCUT2D eigenvalue weighted by Crippen LogP contribution is 2.32. The van der Waals surface area contributed by atoms with Crippen molar-refractivity contribution in [1.29, 1.82) is 0 Å². The van der Waals surface area contributed by atoms with Crippen molar-refractivity contribution >= 4 is 15.9 Å². The van der Waals surface area contributed by atoms with Gasteiger partial charge in [0, 0.05) is 10.5 Å². The van der Waals surface area contributed by atoms with Crippen molar-refractivity contribution in [3.8, 4) is 5.75 Å². The van der Waals surface area contributed by atoms with Crippen LogP contribution in [0.1, 0.15) is 38.8 Å². The van der Waals surface area contributed by atoms with E-state index in [2.05, 4.69) is 41.2 Å². The summed E-state index contributed by atoms with van der Waals surface area (Å²) in [6.45, 7) is 7.19. The lowest BCUT2D eigenvalue weighted by Crippen LogP contribution is -2.23. The first-order valence-corrected chi connectivity index (χ1v) is 7.02. The van der Waals surface area contributed by atoms with Crippen LogP contribution in [0.15, 0.2) is 22.7 Å². The molecule has 1 rings (SSSR count). The third kappa shape index (κ3) is 3.71. The molecule has 96 valence electrons. The molecule has 0 amide bonds. The van der Waals surface area contributed by atoms with Gasteiger partial charge in [-0.25, -0.2) is 0 Å². The number of rotatable bonds is 6. The Balaban J connectivity index is 2.96. The summed E-state index contributed by atoms with van der Waals surface area (Å²) in [5.74, 6) is 1.52. The molecule has 0 spiro atoms. The van der Waals surface area contributed by atoms with Crippen LogP contribution in [0, 0.1) is 5.92 Å². The molecule has 17 heavy (non-hydrogen) atoms. The Morgan fingerprint density at radius 2 is 2.06 bits per heavy atom. The molecule has 0 heterocycles. The second-order valence-corrected chi connectivity index (χ2v) is 5.12. The maximum Gasteiger partial charge on any atom is 0.120 e. The third-order valence-corrected chi connectivity index (χ3v) is 3.83. The van der Waals surface area contributed by atoms with Crippen molar-refractivity contribution in [3.05, 3.63) is 28.2 Å². The summed E-state index contributed by atoms with van der Waals surface area (Å²) in [5, 5.41) is 3.39. The molecule has 0 saturated carbocycles. The van der Waals surface area contributed by atoms with Crippen LogP contribution in [0.4, 0.5) is 0 Å². The predicted octanol–water partition coefficient (Wildman–Crippen LogP) is 4.15. The minimum Gasteiger partial charge on any atom is -0.494 e. The minimum absolute atomic E-state index is 0.380. The number of hydrogen-bond acceptors (Lipinski definition) is 2. The monoisotopic (exact) mass is 299 g/mol. The van der Waals surface area contributed by atoms with Gasteiger partial charge in [0.2, 0.25) is 0 Å². The van der Waals surface area contributed by atoms with E-state index >= 15 is 0 Å². The zero-order valence-electron chi connectivity index (χ0n) is 11.1. The summed E-state index contributed by atoms with van der Waals surface area (Å²) in [6.07, 6.45) is 1.16. The van der Waals surface area contributed by atoms with Crippen LogP contribution < -0.4 is 10.1 Å². The largest absolute Gasteiger partial charge is 0.494 e. The fraction of sp³-hybridized carbons (Fsp3) is 0.571. The Morgan fingerprint density at radius 1 is 1.35 bits per heavy atom. The summed E-state index contributed by atoms with van der Waals surface area (Å²) < 4.78 is 6.61. The van der Waals surface area contributed by atoms with Crippen molar-refractivity contribution in [2.75, 3.05) is 13.7 Å². The zero-order valence-corrected chi connectivity index (χ0v) is 12.7. The van der Waals surface area contributed by atoms with Gasteiger partial charge in [-0.3, -0.25) is 0 Å². The molecular weight excluding hydrogens is 278 g/mol. The first-order valence-electron chi connectivity index (χ1n) is 6.23. The molecule has 0 aliphatic rings. The normalized spacial score (nSPS) is 14.4. The molecule has 0 aromatic heterocycles. The van der Waals surface area contributed by atoms with Crippen LogP contribution in [0.3, 0.4) is 0 Å². The van der Waals surface area contributed by atoms with Crippen LogP contribution in [-0.4, -0.2) is 13.7 Å². The van der Waals surface area contributed by atoms with Crippen LogP contribution in [0.25, 0.3) is 0 Å². The number of ether oxygens (including phenoxy) is 1. The molecule has 0 bridgehead atoms. The fourth-order valence-corrected chi connectivity index (χ4v) is 2.60. The van der Waals surface area contributed by atoms with Crippen molar-refractivity contribution in [2.45, 2.75) is 33.2 Å². The lowest BCUT2D eigenvalue weighted by atomic mass is 9.92. The van der Waals surface area contributed by atoms with E-state index in [9.17, 15) is 0 Å². The molecule has 1 N–H and O–H groups in total. The van der Waals surface area contributed by atoms with E-state index in [4.69, 9.17) is 4.74 Å². The zero-order chi connectivity index (χ0) is 12.8. The van der Waals surface area contributed by atoms with Crippen LogP contribution in [0.5, 0.6) is 5.75 Å². The van der Waals surface area contributed by atoms with Crippen molar-refractivity contribution in [2.24, 2.45) is 5.92 Å². The number of halogens is 1. The van der Waals surface area contributed by atoms with Crippen LogP contribution in [-0.2, 0) is 0 Å². The number of hydrogen-bond donors (Lipinski definition) is 1. The Labute approximate surface area is 113 Å². The average Bonchev–Trinajstić information content (AvgIpc) is 2.32. The van der Waals surface area contributed by atoms with Crippen LogP contribution >= 0.6 is 15.9 Å². The van der Waals surface area contributed by atoms with E-state index in [0.717, 1.165) is 16.6 Å². The molecule has 1 aromatic rings. The predicted molar refractivity (Wildman–Crippen MR) is 76.6 cm³/mol. The number of benzene rings is 1. The van der Waals surface area contributed by atoms with Gasteiger partial charge in [-0.05, 0) is 37.6 Å². The fourth-order valence-electron chi connectivity index (χ4n) is 2.00. The highest BCUT2D eigenvalue weighted by molar-refractivity contribution is 9.10. The summed E-state index contributed by atoms with van der Waals surface area (Å²) in [5.41, 5.74) is 1.30. The van der Waals surface area contributed by atoms with Gasteiger partial charge in [0.05, 0.1) is 6.61 Å². The molecular formula is C14H22BrNO. The van der Waals surface area contributed by atoms with Crippen molar-refractivity contribution in [3.63, 3.8) is 0 Å². The lowest BCUT2D eigenvalue weighted by Gasteiger charge is -2.24. The molecule has 0 radical (unpaired) electrons. The summed E-state index contributed by atoms with van der Waals surface area (Å²) in [7, 11) is 2.01. The summed E-state index contributed by atoms with van der Waals surface area (Å²) in [6, 6.07) is 6.61. The molecule has 0 saturated heterocycles. The van der Waals surface area contributed by atoms with Crippen molar-refractivity contribution < 1.29 is 4.74 Å². The first kappa shape index (κ1) is 14.5. The molecule has 2 unspecified atom stereocenters. The smallest absolute Gasteiger partial charge is 0.120 e. The van der Waals surface area contributed by atoms with E-state index in [1.54, 1.807) is 0 Å². The Morgan fingerprint density at radius 3 is 2.53 bits per heavy atom. The standard InChI is InChI=1S/C14H22BrNO/c1-5-10(3)14(16-4)12-8-7-11(17-6-2)9-13(12)15/h7-10,14,16H,5-6H2,1-4H3. The Kier molecular flexibility index (Phi) is 6.00. The SMILES string of the molecule is CCOc1ccc(C(NC)C(C)CC)c(Br)c1. The minimum atomic E-state index is 0.380. The molecule has 0 aliphatic carbocycles. The molecule has 2 atom stereocenters. The highest BCUT2D eigenvalue weighted by Gasteiger charge is 2.18. The first-order chi connectivity index (χ1) is 8.13. The van der Waals surface area contributed by atoms with Gasteiger partial charge in [0.1, 0.15) is 5.75 Å². The van der Waals surface area contributed by atoms with Gasteiger partial charge >= 0.3 is 0 Å². The quantitative estimate of drug-likeness (QED) is 0.852. The molecule has 0 fully saturated rings. The van der Waals surface area contributed by atoms with Crippen LogP contribution in [0.2, 0.25) is 0 Å². The van der Waals surface area contributed by atoms with E-state index in [1.807, 2.05) is 26.1 Å². The van der Waals surface area contributed by atoms with E-state index in [1.165, 1.54) is 5.56 Å². The summed E-state index contributed by atoms with van der Waals surface area (Å²) in [4.78, 5) is 0. The lowest BCUT2D eigenvalue weighted by molar-refractivity contribution is 0.339. The Hall–Kier alpha value is -0.540. The van der Waals surface area contributed by atoms with Gasteiger partial charge in [-0.2, -0.15) is 0 Å².